The monoisotopic (exact) mass is 367 g/mol. The van der Waals surface area contributed by atoms with Crippen molar-refractivity contribution in [2.24, 2.45) is 11.7 Å². The van der Waals surface area contributed by atoms with Crippen molar-refractivity contribution in [3.8, 4) is 17.0 Å². The number of aryl methyl sites for hydroxylation is 1. The Labute approximate surface area is 159 Å². The molecule has 0 aliphatic heterocycles. The molecule has 0 aliphatic carbocycles. The molecule has 1 atom stereocenters. The number of ether oxygens (including phenoxy) is 1. The summed E-state index contributed by atoms with van der Waals surface area (Å²) in [5.41, 5.74) is 9.24. The zero-order chi connectivity index (χ0) is 19.6. The summed E-state index contributed by atoms with van der Waals surface area (Å²) >= 11 is 0. The third-order valence-corrected chi connectivity index (χ3v) is 4.47. The van der Waals surface area contributed by atoms with Crippen LogP contribution in [-0.2, 0) is 0 Å². The molecule has 4 nitrogen and oxygen atoms in total. The van der Waals surface area contributed by atoms with Crippen LogP contribution in [0.25, 0.3) is 22.2 Å². The normalized spacial score (nSPS) is 13.7. The van der Waals surface area contributed by atoms with Gasteiger partial charge in [0, 0.05) is 22.7 Å². The largest absolute Gasteiger partial charge is 0.490 e. The lowest BCUT2D eigenvalue weighted by atomic mass is 9.93. The fourth-order valence-electron chi connectivity index (χ4n) is 3.42. The van der Waals surface area contributed by atoms with Crippen LogP contribution in [-0.4, -0.2) is 22.1 Å². The maximum absolute atomic E-state index is 13.7. The van der Waals surface area contributed by atoms with Crippen molar-refractivity contribution < 1.29 is 9.13 Å². The number of benzene rings is 1. The summed E-state index contributed by atoms with van der Waals surface area (Å²) in [6.07, 6.45) is 4.30. The maximum Gasteiger partial charge on any atom is 0.140 e. The van der Waals surface area contributed by atoms with Gasteiger partial charge in [-0.1, -0.05) is 13.8 Å². The molecule has 0 aliphatic rings. The van der Waals surface area contributed by atoms with Gasteiger partial charge in [0.05, 0.1) is 17.4 Å². The molecule has 3 aromatic rings. The van der Waals surface area contributed by atoms with Crippen molar-refractivity contribution in [1.29, 1.82) is 0 Å². The zero-order valence-electron chi connectivity index (χ0n) is 16.3. The standard InChI is InChI=1S/C22H26FN3O/c1-14(2)11-22(4,24)13-27-21-12-26-20(9-15(21)3)17-7-8-25-19-6-5-16(23)10-18(17)19/h5-10,12,14H,11,13,24H2,1-4H3. The fourth-order valence-corrected chi connectivity index (χ4v) is 3.42. The van der Waals surface area contributed by atoms with E-state index in [1.807, 2.05) is 26.0 Å². The van der Waals surface area contributed by atoms with E-state index in [-0.39, 0.29) is 5.82 Å². The van der Waals surface area contributed by atoms with Crippen molar-refractivity contribution in [2.45, 2.75) is 39.7 Å². The summed E-state index contributed by atoms with van der Waals surface area (Å²) in [7, 11) is 0. The number of pyridine rings is 2. The van der Waals surface area contributed by atoms with Crippen LogP contribution in [0.1, 0.15) is 32.8 Å². The molecular formula is C22H26FN3O. The van der Waals surface area contributed by atoms with Crippen LogP contribution in [0, 0.1) is 18.7 Å². The third kappa shape index (κ3) is 4.61. The van der Waals surface area contributed by atoms with Crippen LogP contribution >= 0.6 is 0 Å². The van der Waals surface area contributed by atoms with Crippen molar-refractivity contribution in [1.82, 2.24) is 9.97 Å². The minimum atomic E-state index is -0.391. The average Bonchev–Trinajstić information content (AvgIpc) is 2.59. The van der Waals surface area contributed by atoms with E-state index in [4.69, 9.17) is 10.5 Å². The molecule has 0 spiro atoms. The number of halogens is 1. The van der Waals surface area contributed by atoms with E-state index in [2.05, 4.69) is 23.8 Å². The molecule has 3 rings (SSSR count). The molecule has 0 saturated carbocycles. The SMILES string of the molecule is Cc1cc(-c2ccnc3ccc(F)cc23)ncc1OCC(C)(N)CC(C)C. The van der Waals surface area contributed by atoms with E-state index in [9.17, 15) is 4.39 Å². The van der Waals surface area contributed by atoms with E-state index in [0.717, 1.165) is 34.1 Å². The average molecular weight is 367 g/mol. The summed E-state index contributed by atoms with van der Waals surface area (Å²) in [6, 6.07) is 8.38. The number of fused-ring (bicyclic) bond motifs is 1. The molecule has 2 heterocycles. The van der Waals surface area contributed by atoms with Crippen LogP contribution in [0.4, 0.5) is 4.39 Å². The van der Waals surface area contributed by atoms with E-state index < -0.39 is 5.54 Å². The minimum absolute atomic E-state index is 0.291. The van der Waals surface area contributed by atoms with Crippen LogP contribution in [0.5, 0.6) is 5.75 Å². The summed E-state index contributed by atoms with van der Waals surface area (Å²) in [6.45, 7) is 8.70. The highest BCUT2D eigenvalue weighted by molar-refractivity contribution is 5.93. The van der Waals surface area contributed by atoms with Crippen LogP contribution in [0.2, 0.25) is 0 Å². The molecular weight excluding hydrogens is 341 g/mol. The van der Waals surface area contributed by atoms with Gasteiger partial charge in [-0.2, -0.15) is 0 Å². The minimum Gasteiger partial charge on any atom is -0.490 e. The second kappa shape index (κ2) is 7.61. The highest BCUT2D eigenvalue weighted by Crippen LogP contribution is 2.29. The first kappa shape index (κ1) is 19.2. The Hall–Kier alpha value is -2.53. The molecule has 142 valence electrons. The van der Waals surface area contributed by atoms with Crippen molar-refractivity contribution >= 4 is 10.9 Å². The Kier molecular flexibility index (Phi) is 5.42. The molecule has 27 heavy (non-hydrogen) atoms. The third-order valence-electron chi connectivity index (χ3n) is 4.47. The first-order chi connectivity index (χ1) is 12.7. The molecule has 0 fully saturated rings. The lowest BCUT2D eigenvalue weighted by Gasteiger charge is -2.27. The topological polar surface area (TPSA) is 61.0 Å². The number of aromatic nitrogens is 2. The maximum atomic E-state index is 13.7. The van der Waals surface area contributed by atoms with E-state index >= 15 is 0 Å². The van der Waals surface area contributed by atoms with Gasteiger partial charge >= 0.3 is 0 Å². The van der Waals surface area contributed by atoms with Gasteiger partial charge in [-0.05, 0) is 62.1 Å². The summed E-state index contributed by atoms with van der Waals surface area (Å²) in [4.78, 5) is 8.83. The predicted molar refractivity (Wildman–Crippen MR) is 107 cm³/mol. The van der Waals surface area contributed by atoms with Gasteiger partial charge in [0.2, 0.25) is 0 Å². The number of nitrogens with two attached hydrogens (primary N) is 1. The van der Waals surface area contributed by atoms with Gasteiger partial charge < -0.3 is 10.5 Å². The van der Waals surface area contributed by atoms with Crippen LogP contribution in [0.15, 0.2) is 42.7 Å². The Morgan fingerprint density at radius 2 is 1.96 bits per heavy atom. The molecule has 1 aromatic carbocycles. The molecule has 0 saturated heterocycles. The van der Waals surface area contributed by atoms with E-state index in [0.29, 0.717) is 18.3 Å². The predicted octanol–water partition coefficient (Wildman–Crippen LogP) is 4.89. The summed E-state index contributed by atoms with van der Waals surface area (Å²) < 4.78 is 19.6. The van der Waals surface area contributed by atoms with Crippen molar-refractivity contribution in [3.05, 3.63) is 54.1 Å². The lowest BCUT2D eigenvalue weighted by molar-refractivity contribution is 0.205. The van der Waals surface area contributed by atoms with Gasteiger partial charge in [0.25, 0.3) is 0 Å². The van der Waals surface area contributed by atoms with E-state index in [1.165, 1.54) is 12.1 Å². The van der Waals surface area contributed by atoms with Gasteiger partial charge in [0.15, 0.2) is 0 Å². The van der Waals surface area contributed by atoms with Crippen LogP contribution in [0.3, 0.4) is 0 Å². The van der Waals surface area contributed by atoms with Crippen LogP contribution < -0.4 is 10.5 Å². The molecule has 1 unspecified atom stereocenters. The number of hydrogen-bond acceptors (Lipinski definition) is 4. The molecule has 0 radical (unpaired) electrons. The molecule has 0 amide bonds. The first-order valence-electron chi connectivity index (χ1n) is 9.18. The second-order valence-electron chi connectivity index (χ2n) is 7.90. The summed E-state index contributed by atoms with van der Waals surface area (Å²) in [5.74, 6) is 0.926. The summed E-state index contributed by atoms with van der Waals surface area (Å²) in [5, 5.41) is 0.740. The number of rotatable bonds is 6. The Bertz CT molecular complexity index is 953. The Balaban J connectivity index is 1.87. The Morgan fingerprint density at radius 1 is 1.19 bits per heavy atom. The quantitative estimate of drug-likeness (QED) is 0.674. The Morgan fingerprint density at radius 3 is 2.67 bits per heavy atom. The first-order valence-corrected chi connectivity index (χ1v) is 9.18. The van der Waals surface area contributed by atoms with E-state index in [1.54, 1.807) is 18.5 Å². The van der Waals surface area contributed by atoms with Crippen molar-refractivity contribution in [2.75, 3.05) is 6.61 Å². The molecule has 5 heteroatoms. The van der Waals surface area contributed by atoms with Gasteiger partial charge in [-0.15, -0.1) is 0 Å². The number of nitrogens with zero attached hydrogens (tertiary/aromatic N) is 2. The molecule has 2 aromatic heterocycles. The second-order valence-corrected chi connectivity index (χ2v) is 7.90. The van der Waals surface area contributed by atoms with Gasteiger partial charge in [-0.3, -0.25) is 9.97 Å². The van der Waals surface area contributed by atoms with Gasteiger partial charge in [0.1, 0.15) is 18.2 Å². The fraction of sp³-hybridized carbons (Fsp3) is 0.364. The number of hydrogen-bond donors (Lipinski definition) is 1. The lowest BCUT2D eigenvalue weighted by Crippen LogP contribution is -2.43. The highest BCUT2D eigenvalue weighted by atomic mass is 19.1. The molecule has 2 N–H and O–H groups in total. The smallest absolute Gasteiger partial charge is 0.140 e. The van der Waals surface area contributed by atoms with Crippen molar-refractivity contribution in [3.63, 3.8) is 0 Å². The molecule has 0 bridgehead atoms. The zero-order valence-corrected chi connectivity index (χ0v) is 16.3. The highest BCUT2D eigenvalue weighted by Gasteiger charge is 2.21. The van der Waals surface area contributed by atoms with Gasteiger partial charge in [-0.25, -0.2) is 4.39 Å².